The summed E-state index contributed by atoms with van der Waals surface area (Å²) in [4.78, 5) is 3.79. The van der Waals surface area contributed by atoms with E-state index in [-0.39, 0.29) is 0 Å². The van der Waals surface area contributed by atoms with Crippen molar-refractivity contribution < 1.29 is 0 Å². The Bertz CT molecular complexity index is 185. The zero-order valence-corrected chi connectivity index (χ0v) is 22.9. The average Bonchev–Trinajstić information content (AvgIpc) is 2.57. The number of unbranched alkanes of at least 4 members (excludes halogenated alkanes) is 15. The monoisotopic (exact) mass is 389 g/mol. The van der Waals surface area contributed by atoms with Crippen molar-refractivity contribution in [1.82, 2.24) is 4.98 Å². The molecule has 0 spiro atoms. The zero-order chi connectivity index (χ0) is 16.8. The Kier molecular flexibility index (Phi) is 23.6. The van der Waals surface area contributed by atoms with Crippen LogP contribution < -0.4 is 4.98 Å². The molecule has 0 rings (SSSR count). The van der Waals surface area contributed by atoms with Gasteiger partial charge in [-0.2, -0.15) is 0 Å². The Morgan fingerprint density at radius 2 is 1.00 bits per heavy atom. The highest BCUT2D eigenvalue weighted by Crippen LogP contribution is 2.13. The van der Waals surface area contributed by atoms with Gasteiger partial charge < -0.3 is 4.98 Å². The maximum atomic E-state index is 3.79. The molecule has 0 atom stereocenters. The van der Waals surface area contributed by atoms with E-state index < -0.39 is 0 Å². The van der Waals surface area contributed by atoms with E-state index in [2.05, 4.69) is 11.9 Å². The summed E-state index contributed by atoms with van der Waals surface area (Å²) in [6, 6.07) is 0. The fourth-order valence-corrected chi connectivity index (χ4v) is 21.9. The van der Waals surface area contributed by atoms with E-state index in [1.807, 2.05) is 0 Å². The van der Waals surface area contributed by atoms with Gasteiger partial charge in [0.05, 0.1) is 9.20 Å². The third kappa shape index (κ3) is 22.8. The molecule has 0 aromatic rings. The summed E-state index contributed by atoms with van der Waals surface area (Å²) >= 11 is 0. The minimum Gasteiger partial charge on any atom is -0.345 e. The first kappa shape index (κ1) is 23.8. The van der Waals surface area contributed by atoms with Crippen molar-refractivity contribution in [2.75, 3.05) is 6.54 Å². The molecule has 0 aliphatic rings. The van der Waals surface area contributed by atoms with Gasteiger partial charge in [0.15, 0.2) is 0 Å². The summed E-state index contributed by atoms with van der Waals surface area (Å²) in [5, 5.41) is 0. The van der Waals surface area contributed by atoms with Crippen LogP contribution in [0.5, 0.6) is 0 Å². The van der Waals surface area contributed by atoms with Crippen LogP contribution in [0, 0.1) is 0 Å². The van der Waals surface area contributed by atoms with Gasteiger partial charge in [-0.3, -0.25) is 0 Å². The maximum absolute atomic E-state index is 3.79. The van der Waals surface area contributed by atoms with E-state index in [1.165, 1.54) is 109 Å². The van der Waals surface area contributed by atoms with Crippen molar-refractivity contribution >= 4 is 36.1 Å². The lowest BCUT2D eigenvalue weighted by molar-refractivity contribution is 0.529. The third-order valence-corrected chi connectivity index (χ3v) is 39.6. The molecule has 0 aromatic carbocycles. The summed E-state index contributed by atoms with van der Waals surface area (Å²) in [5.41, 5.74) is 0. The van der Waals surface area contributed by atoms with Crippen LogP contribution in [0.4, 0.5) is 0 Å². The second kappa shape index (κ2) is 22.8. The fourth-order valence-electron chi connectivity index (χ4n) is 3.22. The third-order valence-electron chi connectivity index (χ3n) is 4.91. The first-order valence-corrected chi connectivity index (χ1v) is 25.5. The van der Waals surface area contributed by atoms with Crippen LogP contribution in [0.25, 0.3) is 0 Å². The second-order valence-electron chi connectivity index (χ2n) is 7.41. The maximum Gasteiger partial charge on any atom is 0.0726 e. The summed E-state index contributed by atoms with van der Waals surface area (Å²) in [6.07, 6.45) is 23.7. The average molecular weight is 390 g/mol. The van der Waals surface area contributed by atoms with Crippen LogP contribution >= 0.6 is 0 Å². The molecule has 0 bridgehead atoms. The lowest BCUT2D eigenvalue weighted by atomic mass is 10.0. The molecule has 1 N–H and O–H groups in total. The minimum atomic E-state index is 0.331. The molecule has 140 valence electrons. The molecule has 0 saturated heterocycles. The molecule has 0 unspecified atom stereocenters. The molecular weight excluding hydrogens is 343 g/mol. The summed E-state index contributed by atoms with van der Waals surface area (Å²) in [5.74, 6) is 0. The highest BCUT2D eigenvalue weighted by molar-refractivity contribution is 7.40. The Balaban J connectivity index is 2.92. The number of hydrogen-bond donors (Lipinski definition) is 1. The zero-order valence-electron chi connectivity index (χ0n) is 16.6. The number of hydrogen-bond acceptors (Lipinski definition) is 1. The topological polar surface area (TPSA) is 12.0 Å². The highest BCUT2D eigenvalue weighted by Gasteiger charge is 1.94. The van der Waals surface area contributed by atoms with Gasteiger partial charge in [-0.15, -0.1) is 0 Å². The van der Waals surface area contributed by atoms with Crippen LogP contribution in [0.2, 0.25) is 0 Å². The van der Waals surface area contributed by atoms with Crippen molar-refractivity contribution in [2.24, 2.45) is 0 Å². The molecule has 0 aliphatic heterocycles. The van der Waals surface area contributed by atoms with Gasteiger partial charge in [0.25, 0.3) is 0 Å². The molecular formula is C18H47NSi4. The predicted octanol–water partition coefficient (Wildman–Crippen LogP) is 2.37. The van der Waals surface area contributed by atoms with Crippen molar-refractivity contribution in [3.8, 4) is 0 Å². The van der Waals surface area contributed by atoms with Crippen LogP contribution in [0.3, 0.4) is 0 Å². The van der Waals surface area contributed by atoms with Crippen molar-refractivity contribution in [3.63, 3.8) is 0 Å². The molecule has 0 heterocycles. The molecule has 5 heteroatoms. The number of rotatable bonds is 20. The Morgan fingerprint density at radius 1 is 0.609 bits per heavy atom. The van der Waals surface area contributed by atoms with E-state index in [0.29, 0.717) is 26.3 Å². The molecule has 0 amide bonds. The standard InChI is InChI=1S/C18H47NSi4/c1-2-3-4-5-6-7-8-9-10-11-12-13-14-15-16-17-18-19-21-23-22-20/h19H,2-18,21-23H2,1,20H3. The summed E-state index contributed by atoms with van der Waals surface area (Å²) in [7, 11) is 3.14. The Morgan fingerprint density at radius 3 is 1.39 bits per heavy atom. The van der Waals surface area contributed by atoms with E-state index in [1.54, 1.807) is 9.76 Å². The Labute approximate surface area is 157 Å². The van der Waals surface area contributed by atoms with Crippen molar-refractivity contribution in [3.05, 3.63) is 0 Å². The fraction of sp³-hybridized carbons (Fsp3) is 1.00. The van der Waals surface area contributed by atoms with Gasteiger partial charge in [0, 0.05) is 8.55 Å². The molecule has 0 aromatic heterocycles. The van der Waals surface area contributed by atoms with E-state index >= 15 is 0 Å². The number of nitrogens with one attached hydrogen (secondary N) is 1. The minimum absolute atomic E-state index is 0.331. The molecule has 0 radical (unpaired) electrons. The predicted molar refractivity (Wildman–Crippen MR) is 123 cm³/mol. The smallest absolute Gasteiger partial charge is 0.0726 e. The van der Waals surface area contributed by atoms with Gasteiger partial charge >= 0.3 is 0 Å². The van der Waals surface area contributed by atoms with Gasteiger partial charge in [0.1, 0.15) is 0 Å². The van der Waals surface area contributed by atoms with Crippen LogP contribution in [-0.4, -0.2) is 42.6 Å². The highest BCUT2D eigenvalue weighted by atomic mass is 29.7. The molecule has 23 heavy (non-hydrogen) atoms. The first-order chi connectivity index (χ1) is 11.4. The van der Waals surface area contributed by atoms with E-state index in [4.69, 9.17) is 0 Å². The molecule has 0 saturated carbocycles. The Hall–Kier alpha value is 0.828. The normalized spacial score (nSPS) is 12.9. The van der Waals surface area contributed by atoms with Gasteiger partial charge in [-0.05, 0) is 31.3 Å². The van der Waals surface area contributed by atoms with Crippen LogP contribution in [0.15, 0.2) is 0 Å². The summed E-state index contributed by atoms with van der Waals surface area (Å²) in [6.45, 7) is 3.67. The van der Waals surface area contributed by atoms with Gasteiger partial charge in [-0.1, -0.05) is 103 Å². The summed E-state index contributed by atoms with van der Waals surface area (Å²) < 4.78 is 0. The van der Waals surface area contributed by atoms with Crippen molar-refractivity contribution in [1.29, 1.82) is 0 Å². The lowest BCUT2D eigenvalue weighted by Crippen LogP contribution is -2.29. The lowest BCUT2D eigenvalue weighted by Gasteiger charge is -2.04. The van der Waals surface area contributed by atoms with E-state index in [9.17, 15) is 0 Å². The second-order valence-corrected chi connectivity index (χ2v) is 32.1. The molecule has 0 fully saturated rings. The molecule has 1 nitrogen and oxygen atoms in total. The van der Waals surface area contributed by atoms with Crippen molar-refractivity contribution in [2.45, 2.75) is 110 Å². The SMILES string of the molecule is CCCCCCCCCCCCCCCCCCN[SiH2][SiH2][SiH2][SiH3]. The van der Waals surface area contributed by atoms with E-state index in [0.717, 1.165) is 0 Å². The largest absolute Gasteiger partial charge is 0.345 e. The molecule has 0 aliphatic carbocycles. The first-order valence-electron chi connectivity index (χ1n) is 11.1. The van der Waals surface area contributed by atoms with Crippen LogP contribution in [-0.2, 0) is 0 Å². The van der Waals surface area contributed by atoms with Crippen LogP contribution in [0.1, 0.15) is 110 Å². The quantitative estimate of drug-likeness (QED) is 0.249. The van der Waals surface area contributed by atoms with Gasteiger partial charge in [-0.25, -0.2) is 0 Å². The van der Waals surface area contributed by atoms with Gasteiger partial charge in [0.2, 0.25) is 0 Å².